The van der Waals surface area contributed by atoms with Crippen molar-refractivity contribution in [3.63, 3.8) is 0 Å². The first-order chi connectivity index (χ1) is 17.1. The quantitative estimate of drug-likeness (QED) is 0.367. The molecular formula is C29H34N2O4. The number of nitrogens with zero attached hydrogens (tertiary/aromatic N) is 1. The Hall–Kier alpha value is -3.80. The van der Waals surface area contributed by atoms with Crippen LogP contribution >= 0.6 is 0 Å². The number of nitrogens with one attached hydrogen (secondary N) is 1. The summed E-state index contributed by atoms with van der Waals surface area (Å²) in [5.74, 6) is 0.873. The Labute approximate surface area is 207 Å². The van der Waals surface area contributed by atoms with Gasteiger partial charge in [0, 0.05) is 19.5 Å². The fraction of sp³-hybridized carbons (Fsp3) is 0.310. The van der Waals surface area contributed by atoms with Gasteiger partial charge in [0.2, 0.25) is 5.91 Å². The molecule has 0 aliphatic carbocycles. The number of carbonyl (C=O) groups excluding carboxylic acids is 2. The van der Waals surface area contributed by atoms with E-state index in [2.05, 4.69) is 12.2 Å². The van der Waals surface area contributed by atoms with Crippen LogP contribution in [0.25, 0.3) is 0 Å². The topological polar surface area (TPSA) is 67.9 Å². The van der Waals surface area contributed by atoms with Gasteiger partial charge in [0.1, 0.15) is 17.5 Å². The van der Waals surface area contributed by atoms with Crippen molar-refractivity contribution in [2.75, 3.05) is 20.3 Å². The molecule has 0 aromatic heterocycles. The van der Waals surface area contributed by atoms with Gasteiger partial charge in [0.25, 0.3) is 5.91 Å². The minimum atomic E-state index is -0.688. The third-order valence-corrected chi connectivity index (χ3v) is 5.69. The molecule has 1 N–H and O–H groups in total. The highest BCUT2D eigenvalue weighted by atomic mass is 16.5. The van der Waals surface area contributed by atoms with Crippen molar-refractivity contribution in [1.29, 1.82) is 0 Å². The van der Waals surface area contributed by atoms with E-state index in [0.717, 1.165) is 24.0 Å². The smallest absolute Gasteiger partial charge is 0.261 e. The van der Waals surface area contributed by atoms with Crippen LogP contribution in [0.4, 0.5) is 0 Å². The Morgan fingerprint density at radius 3 is 2.23 bits per heavy atom. The highest BCUT2D eigenvalue weighted by molar-refractivity contribution is 5.88. The van der Waals surface area contributed by atoms with Crippen molar-refractivity contribution in [2.24, 2.45) is 0 Å². The van der Waals surface area contributed by atoms with Gasteiger partial charge in [-0.15, -0.1) is 0 Å². The van der Waals surface area contributed by atoms with Gasteiger partial charge >= 0.3 is 0 Å². The first-order valence-electron chi connectivity index (χ1n) is 12.0. The fourth-order valence-corrected chi connectivity index (χ4v) is 3.77. The van der Waals surface area contributed by atoms with Crippen LogP contribution in [0.5, 0.6) is 11.5 Å². The molecule has 0 aliphatic rings. The lowest BCUT2D eigenvalue weighted by atomic mass is 10.0. The molecule has 184 valence electrons. The second kappa shape index (κ2) is 13.8. The molecule has 0 saturated heterocycles. The van der Waals surface area contributed by atoms with Gasteiger partial charge < -0.3 is 19.7 Å². The van der Waals surface area contributed by atoms with Crippen molar-refractivity contribution < 1.29 is 19.1 Å². The molecule has 0 aliphatic heterocycles. The second-order valence-electron chi connectivity index (χ2n) is 8.32. The van der Waals surface area contributed by atoms with Crippen LogP contribution in [-0.4, -0.2) is 43.0 Å². The molecule has 6 nitrogen and oxygen atoms in total. The van der Waals surface area contributed by atoms with Crippen LogP contribution in [0.2, 0.25) is 0 Å². The highest BCUT2D eigenvalue weighted by Gasteiger charge is 2.30. The van der Waals surface area contributed by atoms with Crippen LogP contribution in [0.3, 0.4) is 0 Å². The molecule has 0 spiro atoms. The molecule has 0 fully saturated rings. The first kappa shape index (κ1) is 25.8. The van der Waals surface area contributed by atoms with Gasteiger partial charge in [-0.25, -0.2) is 0 Å². The SMILES string of the molecule is CCCCNC(=O)[C@H](Cc1ccccc1)N(Cc1cccc(OC)c1)C(=O)COc1ccccc1. The van der Waals surface area contributed by atoms with Gasteiger partial charge in [0.15, 0.2) is 6.61 Å². The van der Waals surface area contributed by atoms with Crippen molar-refractivity contribution >= 4 is 11.8 Å². The van der Waals surface area contributed by atoms with E-state index < -0.39 is 6.04 Å². The zero-order chi connectivity index (χ0) is 24.9. The molecule has 3 aromatic carbocycles. The lowest BCUT2D eigenvalue weighted by Crippen LogP contribution is -2.51. The average Bonchev–Trinajstić information content (AvgIpc) is 2.90. The van der Waals surface area contributed by atoms with Crippen molar-refractivity contribution in [3.8, 4) is 11.5 Å². The molecule has 2 amide bonds. The van der Waals surface area contributed by atoms with Gasteiger partial charge in [-0.1, -0.05) is 74.0 Å². The summed E-state index contributed by atoms with van der Waals surface area (Å²) in [6, 6.07) is 25.8. The number of hydrogen-bond donors (Lipinski definition) is 1. The number of methoxy groups -OCH3 is 1. The summed E-state index contributed by atoms with van der Waals surface area (Å²) in [7, 11) is 1.61. The van der Waals surface area contributed by atoms with Gasteiger partial charge in [-0.3, -0.25) is 9.59 Å². The van der Waals surface area contributed by atoms with Crippen LogP contribution in [0.1, 0.15) is 30.9 Å². The molecule has 1 atom stereocenters. The molecule has 3 aromatic rings. The fourth-order valence-electron chi connectivity index (χ4n) is 3.77. The van der Waals surface area contributed by atoms with Crippen molar-refractivity contribution in [1.82, 2.24) is 10.2 Å². The third-order valence-electron chi connectivity index (χ3n) is 5.69. The number of amides is 2. The van der Waals surface area contributed by atoms with Crippen LogP contribution in [-0.2, 0) is 22.6 Å². The summed E-state index contributed by atoms with van der Waals surface area (Å²) in [5, 5.41) is 3.02. The summed E-state index contributed by atoms with van der Waals surface area (Å²) in [5.41, 5.74) is 1.85. The highest BCUT2D eigenvalue weighted by Crippen LogP contribution is 2.19. The van der Waals surface area contributed by atoms with Gasteiger partial charge in [-0.05, 0) is 41.8 Å². The van der Waals surface area contributed by atoms with E-state index in [4.69, 9.17) is 9.47 Å². The number of para-hydroxylation sites is 1. The monoisotopic (exact) mass is 474 g/mol. The Bertz CT molecular complexity index is 1060. The largest absolute Gasteiger partial charge is 0.497 e. The minimum absolute atomic E-state index is 0.165. The number of hydrogen-bond acceptors (Lipinski definition) is 4. The maximum atomic E-state index is 13.5. The van der Waals surface area contributed by atoms with E-state index in [0.29, 0.717) is 24.5 Å². The van der Waals surface area contributed by atoms with E-state index in [-0.39, 0.29) is 25.0 Å². The first-order valence-corrected chi connectivity index (χ1v) is 12.0. The van der Waals surface area contributed by atoms with E-state index in [1.54, 1.807) is 24.1 Å². The zero-order valence-corrected chi connectivity index (χ0v) is 20.5. The Morgan fingerprint density at radius 1 is 0.886 bits per heavy atom. The van der Waals surface area contributed by atoms with Crippen LogP contribution in [0.15, 0.2) is 84.9 Å². The minimum Gasteiger partial charge on any atom is -0.497 e. The number of benzene rings is 3. The molecule has 0 heterocycles. The normalized spacial score (nSPS) is 11.4. The zero-order valence-electron chi connectivity index (χ0n) is 20.5. The molecule has 0 unspecified atom stereocenters. The Balaban J connectivity index is 1.89. The molecular weight excluding hydrogens is 440 g/mol. The Morgan fingerprint density at radius 2 is 1.54 bits per heavy atom. The predicted molar refractivity (Wildman–Crippen MR) is 137 cm³/mol. The molecule has 0 bridgehead atoms. The summed E-state index contributed by atoms with van der Waals surface area (Å²) in [4.78, 5) is 28.5. The Kier molecular flexibility index (Phi) is 10.2. The number of ether oxygens (including phenoxy) is 2. The lowest BCUT2D eigenvalue weighted by molar-refractivity contribution is -0.142. The number of rotatable bonds is 13. The molecule has 35 heavy (non-hydrogen) atoms. The lowest BCUT2D eigenvalue weighted by Gasteiger charge is -2.31. The van der Waals surface area contributed by atoms with E-state index in [9.17, 15) is 9.59 Å². The second-order valence-corrected chi connectivity index (χ2v) is 8.32. The number of unbranched alkanes of at least 4 members (excludes halogenated alkanes) is 1. The van der Waals surface area contributed by atoms with E-state index in [1.165, 1.54) is 0 Å². The van der Waals surface area contributed by atoms with Crippen molar-refractivity contribution in [2.45, 2.75) is 38.8 Å². The van der Waals surface area contributed by atoms with Gasteiger partial charge in [0.05, 0.1) is 7.11 Å². The summed E-state index contributed by atoms with van der Waals surface area (Å²) in [6.07, 6.45) is 2.26. The summed E-state index contributed by atoms with van der Waals surface area (Å²) < 4.78 is 11.1. The standard InChI is InChI=1S/C29H34N2O4/c1-3-4-18-30-29(33)27(20-23-12-7-5-8-13-23)31(21-24-14-11-17-26(19-24)34-2)28(32)22-35-25-15-9-6-10-16-25/h5-17,19,27H,3-4,18,20-22H2,1-2H3,(H,30,33)/t27-/m0/s1. The number of carbonyl (C=O) groups is 2. The van der Waals surface area contributed by atoms with Crippen LogP contribution in [0, 0.1) is 0 Å². The maximum Gasteiger partial charge on any atom is 0.261 e. The van der Waals surface area contributed by atoms with Crippen molar-refractivity contribution in [3.05, 3.63) is 96.1 Å². The van der Waals surface area contributed by atoms with Gasteiger partial charge in [-0.2, -0.15) is 0 Å². The molecule has 3 rings (SSSR count). The van der Waals surface area contributed by atoms with Crippen LogP contribution < -0.4 is 14.8 Å². The molecule has 0 saturated carbocycles. The van der Waals surface area contributed by atoms with E-state index >= 15 is 0 Å². The van der Waals surface area contributed by atoms with E-state index in [1.807, 2.05) is 72.8 Å². The maximum absolute atomic E-state index is 13.5. The average molecular weight is 475 g/mol. The molecule has 6 heteroatoms. The summed E-state index contributed by atoms with van der Waals surface area (Å²) >= 11 is 0. The third kappa shape index (κ3) is 8.18. The predicted octanol–water partition coefficient (Wildman–Crippen LogP) is 4.63. The molecule has 0 radical (unpaired) electrons. The summed E-state index contributed by atoms with van der Waals surface area (Å²) in [6.45, 7) is 2.74.